The molecule has 104 valence electrons. The van der Waals surface area contributed by atoms with Gasteiger partial charge in [0.1, 0.15) is 0 Å². The van der Waals surface area contributed by atoms with E-state index in [1.165, 1.54) is 7.11 Å². The summed E-state index contributed by atoms with van der Waals surface area (Å²) in [6, 6.07) is 3.65. The maximum atomic E-state index is 11.6. The second-order valence-corrected chi connectivity index (χ2v) is 6.10. The molecule has 0 aliphatic carbocycles. The number of thioether (sulfide) groups is 1. The van der Waals surface area contributed by atoms with Crippen LogP contribution in [0.3, 0.4) is 0 Å². The molecule has 2 atom stereocenters. The fourth-order valence-electron chi connectivity index (χ4n) is 2.14. The summed E-state index contributed by atoms with van der Waals surface area (Å²) >= 11 is 1.94. The fraction of sp³-hybridized carbons (Fsp3) is 0.538. The highest BCUT2D eigenvalue weighted by molar-refractivity contribution is 8.00. The van der Waals surface area contributed by atoms with Gasteiger partial charge >= 0.3 is 5.97 Å². The molecule has 1 aliphatic heterocycles. The number of carbonyl (C=O) groups excluding carboxylic acids is 1. The van der Waals surface area contributed by atoms with Crippen molar-refractivity contribution < 1.29 is 9.53 Å². The molecule has 1 aliphatic rings. The highest BCUT2D eigenvalue weighted by Gasteiger charge is 2.28. The van der Waals surface area contributed by atoms with Gasteiger partial charge in [-0.25, -0.2) is 9.78 Å². The molecule has 2 heterocycles. The van der Waals surface area contributed by atoms with Gasteiger partial charge in [-0.3, -0.25) is 0 Å². The second-order valence-electron chi connectivity index (χ2n) is 4.61. The number of rotatable bonds is 2. The fourth-order valence-corrected chi connectivity index (χ4v) is 3.24. The maximum Gasteiger partial charge on any atom is 0.356 e. The zero-order valence-electron chi connectivity index (χ0n) is 11.4. The summed E-state index contributed by atoms with van der Waals surface area (Å²) in [6.07, 6.45) is 0. The van der Waals surface area contributed by atoms with Gasteiger partial charge in [0.05, 0.1) is 12.8 Å². The smallest absolute Gasteiger partial charge is 0.356 e. The lowest BCUT2D eigenvalue weighted by Gasteiger charge is -2.38. The maximum absolute atomic E-state index is 11.6. The van der Waals surface area contributed by atoms with E-state index < -0.39 is 5.97 Å². The van der Waals surface area contributed by atoms with Crippen LogP contribution in [0, 0.1) is 0 Å². The average molecular weight is 281 g/mol. The SMILES string of the molecule is COC(=O)c1ccc(N)c(N2CCSC(C)C2C)n1. The average Bonchev–Trinajstić information content (AvgIpc) is 2.42. The number of methoxy groups -OCH3 is 1. The largest absolute Gasteiger partial charge is 0.464 e. The van der Waals surface area contributed by atoms with Crippen LogP contribution in [-0.2, 0) is 4.74 Å². The number of nitrogen functional groups attached to an aromatic ring is 1. The Balaban J connectivity index is 2.35. The summed E-state index contributed by atoms with van der Waals surface area (Å²) in [5.74, 6) is 1.28. The molecule has 0 radical (unpaired) electrons. The zero-order chi connectivity index (χ0) is 14.0. The first-order valence-corrected chi connectivity index (χ1v) is 7.32. The van der Waals surface area contributed by atoms with Gasteiger partial charge in [0, 0.05) is 23.6 Å². The van der Waals surface area contributed by atoms with E-state index in [4.69, 9.17) is 10.5 Å². The summed E-state index contributed by atoms with van der Waals surface area (Å²) in [5.41, 5.74) is 6.90. The molecular formula is C13H19N3O2S. The molecule has 5 nitrogen and oxygen atoms in total. The van der Waals surface area contributed by atoms with E-state index in [1.807, 2.05) is 11.8 Å². The third-order valence-corrected chi connectivity index (χ3v) is 4.79. The van der Waals surface area contributed by atoms with Crippen molar-refractivity contribution in [3.8, 4) is 0 Å². The predicted molar refractivity (Wildman–Crippen MR) is 78.7 cm³/mol. The van der Waals surface area contributed by atoms with E-state index in [-0.39, 0.29) is 0 Å². The Hall–Kier alpha value is -1.43. The van der Waals surface area contributed by atoms with E-state index >= 15 is 0 Å². The van der Waals surface area contributed by atoms with E-state index in [0.29, 0.717) is 28.5 Å². The third-order valence-electron chi connectivity index (χ3n) is 3.46. The van der Waals surface area contributed by atoms with Crippen LogP contribution in [0.15, 0.2) is 12.1 Å². The van der Waals surface area contributed by atoms with Crippen molar-refractivity contribution in [3.05, 3.63) is 17.8 Å². The number of esters is 1. The molecule has 19 heavy (non-hydrogen) atoms. The zero-order valence-corrected chi connectivity index (χ0v) is 12.2. The van der Waals surface area contributed by atoms with Gasteiger partial charge in [0.2, 0.25) is 0 Å². The van der Waals surface area contributed by atoms with Crippen molar-refractivity contribution in [2.24, 2.45) is 0 Å². The van der Waals surface area contributed by atoms with Gasteiger partial charge in [-0.05, 0) is 19.1 Å². The van der Waals surface area contributed by atoms with Gasteiger partial charge in [-0.15, -0.1) is 0 Å². The number of carbonyl (C=O) groups is 1. The minimum absolute atomic E-state index is 0.296. The molecular weight excluding hydrogens is 262 g/mol. The number of pyridine rings is 1. The molecule has 1 saturated heterocycles. The monoisotopic (exact) mass is 281 g/mol. The van der Waals surface area contributed by atoms with Crippen molar-refractivity contribution in [1.82, 2.24) is 4.98 Å². The van der Waals surface area contributed by atoms with Crippen molar-refractivity contribution in [1.29, 1.82) is 0 Å². The van der Waals surface area contributed by atoms with Crippen LogP contribution >= 0.6 is 11.8 Å². The number of nitrogens with two attached hydrogens (primary N) is 1. The summed E-state index contributed by atoms with van der Waals surface area (Å²) in [6.45, 7) is 5.24. The molecule has 0 spiro atoms. The Morgan fingerprint density at radius 3 is 2.95 bits per heavy atom. The third kappa shape index (κ3) is 2.78. The molecule has 1 aromatic heterocycles. The van der Waals surface area contributed by atoms with Crippen LogP contribution in [0.2, 0.25) is 0 Å². The molecule has 0 aromatic carbocycles. The first-order chi connectivity index (χ1) is 9.04. The normalized spacial score (nSPS) is 23.2. The first kappa shape index (κ1) is 14.0. The van der Waals surface area contributed by atoms with Crippen LogP contribution < -0.4 is 10.6 Å². The highest BCUT2D eigenvalue weighted by atomic mass is 32.2. The quantitative estimate of drug-likeness (QED) is 0.833. The Morgan fingerprint density at radius 2 is 2.26 bits per heavy atom. The van der Waals surface area contributed by atoms with E-state index in [1.54, 1.807) is 12.1 Å². The van der Waals surface area contributed by atoms with Crippen LogP contribution in [0.1, 0.15) is 24.3 Å². The molecule has 0 amide bonds. The van der Waals surface area contributed by atoms with Crippen molar-refractivity contribution in [2.45, 2.75) is 25.1 Å². The van der Waals surface area contributed by atoms with Crippen LogP contribution in [0.5, 0.6) is 0 Å². The summed E-state index contributed by atoms with van der Waals surface area (Å²) in [7, 11) is 1.35. The standard InChI is InChI=1S/C13H19N3O2S/c1-8-9(2)19-7-6-16(8)12-10(14)4-5-11(15-12)13(17)18-3/h4-5,8-9H,6-7,14H2,1-3H3. The Labute approximate surface area is 117 Å². The van der Waals surface area contributed by atoms with Crippen molar-refractivity contribution >= 4 is 29.2 Å². The number of nitrogens with zero attached hydrogens (tertiary/aromatic N) is 2. The molecule has 1 fully saturated rings. The topological polar surface area (TPSA) is 68.5 Å². The predicted octanol–water partition coefficient (Wildman–Crippen LogP) is 1.78. The first-order valence-electron chi connectivity index (χ1n) is 6.27. The summed E-state index contributed by atoms with van der Waals surface area (Å²) in [4.78, 5) is 18.1. The second kappa shape index (κ2) is 5.69. The molecule has 0 saturated carbocycles. The van der Waals surface area contributed by atoms with Gasteiger partial charge in [0.25, 0.3) is 0 Å². The van der Waals surface area contributed by atoms with E-state index in [0.717, 1.165) is 12.3 Å². The Kier molecular flexibility index (Phi) is 4.19. The minimum atomic E-state index is -0.437. The Morgan fingerprint density at radius 1 is 1.53 bits per heavy atom. The van der Waals surface area contributed by atoms with E-state index in [2.05, 4.69) is 23.7 Å². The van der Waals surface area contributed by atoms with Gasteiger partial charge in [0.15, 0.2) is 11.5 Å². The Bertz CT molecular complexity index is 481. The minimum Gasteiger partial charge on any atom is -0.464 e. The lowest BCUT2D eigenvalue weighted by molar-refractivity contribution is 0.0594. The number of hydrogen-bond donors (Lipinski definition) is 1. The molecule has 1 aromatic rings. The van der Waals surface area contributed by atoms with E-state index in [9.17, 15) is 4.79 Å². The number of hydrogen-bond acceptors (Lipinski definition) is 6. The van der Waals surface area contributed by atoms with Crippen LogP contribution in [-0.4, -0.2) is 41.7 Å². The lowest BCUT2D eigenvalue weighted by Crippen LogP contribution is -2.45. The van der Waals surface area contributed by atoms with Gasteiger partial charge in [-0.1, -0.05) is 6.92 Å². The highest BCUT2D eigenvalue weighted by Crippen LogP contribution is 2.31. The molecule has 0 bridgehead atoms. The summed E-state index contributed by atoms with van der Waals surface area (Å²) in [5, 5.41) is 0.511. The number of ether oxygens (including phenoxy) is 1. The number of anilines is 2. The number of aromatic nitrogens is 1. The van der Waals surface area contributed by atoms with Gasteiger partial charge < -0.3 is 15.4 Å². The van der Waals surface area contributed by atoms with Crippen molar-refractivity contribution in [2.75, 3.05) is 30.0 Å². The van der Waals surface area contributed by atoms with Crippen molar-refractivity contribution in [3.63, 3.8) is 0 Å². The van der Waals surface area contributed by atoms with Gasteiger partial charge in [-0.2, -0.15) is 11.8 Å². The lowest BCUT2D eigenvalue weighted by atomic mass is 10.2. The summed E-state index contributed by atoms with van der Waals surface area (Å²) < 4.78 is 4.70. The van der Waals surface area contributed by atoms with Crippen LogP contribution in [0.4, 0.5) is 11.5 Å². The molecule has 2 N–H and O–H groups in total. The molecule has 2 unspecified atom stereocenters. The molecule has 2 rings (SSSR count). The molecule has 6 heteroatoms. The van der Waals surface area contributed by atoms with Crippen LogP contribution in [0.25, 0.3) is 0 Å².